The molecule has 0 heterocycles. The molecule has 0 aromatic heterocycles. The molecule has 0 amide bonds. The van der Waals surface area contributed by atoms with Crippen molar-refractivity contribution in [2.45, 2.75) is 19.8 Å². The highest BCUT2D eigenvalue weighted by Gasteiger charge is 2.34. The van der Waals surface area contributed by atoms with Gasteiger partial charge >= 0.3 is 5.97 Å². The summed E-state index contributed by atoms with van der Waals surface area (Å²) in [5.41, 5.74) is -0.205. The molecule has 0 fully saturated rings. The van der Waals surface area contributed by atoms with Gasteiger partial charge in [-0.1, -0.05) is 26.0 Å². The van der Waals surface area contributed by atoms with E-state index in [2.05, 4.69) is 0 Å². The molecule has 0 bridgehead atoms. The Morgan fingerprint density at radius 1 is 1.42 bits per heavy atom. The molecule has 0 aliphatic carbocycles. The van der Waals surface area contributed by atoms with Crippen LogP contribution in [-0.4, -0.2) is 28.8 Å². The number of benzene rings is 1. The summed E-state index contributed by atoms with van der Waals surface area (Å²) in [5.74, 6) is -1.66. The lowest BCUT2D eigenvalue weighted by molar-refractivity contribution is -0.485. The van der Waals surface area contributed by atoms with Crippen LogP contribution in [0.3, 0.4) is 0 Å². The second-order valence-electron chi connectivity index (χ2n) is 4.93. The number of aromatic carboxylic acids is 1. The predicted octanol–water partition coefficient (Wildman–Crippen LogP) is 1.97. The van der Waals surface area contributed by atoms with E-state index in [1.54, 1.807) is 13.8 Å². The van der Waals surface area contributed by atoms with Crippen molar-refractivity contribution in [3.8, 4) is 0 Å². The number of rotatable bonds is 6. The predicted molar refractivity (Wildman–Crippen MR) is 67.8 cm³/mol. The maximum Gasteiger partial charge on any atom is 0.335 e. The molecule has 19 heavy (non-hydrogen) atoms. The number of aldehydes is 1. The lowest BCUT2D eigenvalue weighted by Crippen LogP contribution is -2.29. The third-order valence-electron chi connectivity index (χ3n) is 3.09. The smallest absolute Gasteiger partial charge is 0.335 e. The Labute approximate surface area is 110 Å². The van der Waals surface area contributed by atoms with E-state index in [4.69, 9.17) is 5.11 Å². The van der Waals surface area contributed by atoms with E-state index >= 15 is 0 Å². The molecule has 1 N–H and O–H groups in total. The third kappa shape index (κ3) is 3.61. The number of hydrogen-bond donors (Lipinski definition) is 1. The molecule has 0 radical (unpaired) electrons. The molecule has 1 aromatic rings. The van der Waals surface area contributed by atoms with E-state index in [1.807, 2.05) is 0 Å². The average molecular weight is 265 g/mol. The summed E-state index contributed by atoms with van der Waals surface area (Å²) in [6.45, 7) is 2.87. The molecule has 102 valence electrons. The lowest BCUT2D eigenvalue weighted by Gasteiger charge is -2.26. The molecule has 6 heteroatoms. The number of nitrogens with zero attached hydrogens (tertiary/aromatic N) is 1. The standard InChI is InChI=1S/C13H15NO5/c1-13(2,8-15)11(7-14(18)19)9-3-5-10(6-4-9)12(16)17/h3-6,8,11H,7H2,1-2H3,(H,16,17)/t11-/m0/s1. The monoisotopic (exact) mass is 265 g/mol. The van der Waals surface area contributed by atoms with E-state index in [0.717, 1.165) is 0 Å². The molecule has 0 spiro atoms. The first-order chi connectivity index (χ1) is 8.77. The number of carboxylic acids is 1. The Bertz CT molecular complexity index is 492. The zero-order valence-electron chi connectivity index (χ0n) is 10.7. The van der Waals surface area contributed by atoms with Crippen LogP contribution in [0.1, 0.15) is 35.7 Å². The average Bonchev–Trinajstić information content (AvgIpc) is 2.35. The van der Waals surface area contributed by atoms with Gasteiger partial charge in [0.1, 0.15) is 6.29 Å². The summed E-state index contributed by atoms with van der Waals surface area (Å²) < 4.78 is 0. The number of carbonyl (C=O) groups is 2. The second kappa shape index (κ2) is 5.60. The molecule has 1 atom stereocenters. The topological polar surface area (TPSA) is 97.5 Å². The number of hydrogen-bond acceptors (Lipinski definition) is 4. The summed E-state index contributed by atoms with van der Waals surface area (Å²) in [5, 5.41) is 19.5. The summed E-state index contributed by atoms with van der Waals surface area (Å²) in [6.07, 6.45) is 0.687. The fourth-order valence-corrected chi connectivity index (χ4v) is 1.86. The molecule has 0 saturated carbocycles. The van der Waals surface area contributed by atoms with Gasteiger partial charge in [0.2, 0.25) is 6.54 Å². The Morgan fingerprint density at radius 3 is 2.32 bits per heavy atom. The van der Waals surface area contributed by atoms with E-state index in [1.165, 1.54) is 24.3 Å². The molecule has 1 rings (SSSR count). The van der Waals surface area contributed by atoms with Crippen LogP contribution >= 0.6 is 0 Å². The SMILES string of the molecule is CC(C)(C=O)[C@@H](C[N+](=O)[O-])c1ccc(C(=O)O)cc1. The largest absolute Gasteiger partial charge is 0.478 e. The Balaban J connectivity index is 3.14. The van der Waals surface area contributed by atoms with Gasteiger partial charge in [-0.3, -0.25) is 10.1 Å². The Hall–Kier alpha value is -2.24. The molecule has 0 unspecified atom stereocenters. The molecule has 0 saturated heterocycles. The van der Waals surface area contributed by atoms with Gasteiger partial charge in [0.05, 0.1) is 11.5 Å². The van der Waals surface area contributed by atoms with E-state index in [-0.39, 0.29) is 12.1 Å². The van der Waals surface area contributed by atoms with Gasteiger partial charge in [0, 0.05) is 10.3 Å². The molecule has 1 aromatic carbocycles. The van der Waals surface area contributed by atoms with Crippen LogP contribution < -0.4 is 0 Å². The van der Waals surface area contributed by atoms with Crippen LogP contribution in [0.25, 0.3) is 0 Å². The van der Waals surface area contributed by atoms with E-state index in [9.17, 15) is 19.7 Å². The van der Waals surface area contributed by atoms with Crippen LogP contribution in [0, 0.1) is 15.5 Å². The van der Waals surface area contributed by atoms with Gasteiger partial charge < -0.3 is 9.90 Å². The fourth-order valence-electron chi connectivity index (χ4n) is 1.86. The van der Waals surface area contributed by atoms with Crippen LogP contribution in [0.4, 0.5) is 0 Å². The first-order valence-corrected chi connectivity index (χ1v) is 5.69. The van der Waals surface area contributed by atoms with Crippen molar-refractivity contribution < 1.29 is 19.6 Å². The third-order valence-corrected chi connectivity index (χ3v) is 3.09. The van der Waals surface area contributed by atoms with E-state index in [0.29, 0.717) is 11.8 Å². The van der Waals surface area contributed by atoms with Crippen molar-refractivity contribution in [1.82, 2.24) is 0 Å². The lowest BCUT2D eigenvalue weighted by atomic mass is 9.76. The van der Waals surface area contributed by atoms with Gasteiger partial charge in [-0.15, -0.1) is 0 Å². The summed E-state index contributed by atoms with van der Waals surface area (Å²) in [4.78, 5) is 32.1. The number of carbonyl (C=O) groups excluding carboxylic acids is 1. The molecule has 6 nitrogen and oxygen atoms in total. The van der Waals surface area contributed by atoms with E-state index < -0.39 is 22.2 Å². The summed E-state index contributed by atoms with van der Waals surface area (Å²) >= 11 is 0. The first-order valence-electron chi connectivity index (χ1n) is 5.69. The van der Waals surface area contributed by atoms with Crippen LogP contribution in [0.15, 0.2) is 24.3 Å². The van der Waals surface area contributed by atoms with Crippen molar-refractivity contribution in [2.24, 2.45) is 5.41 Å². The quantitative estimate of drug-likeness (QED) is 0.481. The molecule has 0 aliphatic rings. The van der Waals surface area contributed by atoms with Crippen molar-refractivity contribution >= 4 is 12.3 Å². The normalized spacial score (nSPS) is 12.7. The minimum atomic E-state index is -1.06. The minimum absolute atomic E-state index is 0.104. The maximum atomic E-state index is 11.1. The van der Waals surface area contributed by atoms with Crippen molar-refractivity contribution in [3.63, 3.8) is 0 Å². The molecular formula is C13H15NO5. The summed E-state index contributed by atoms with van der Waals surface area (Å²) in [6, 6.07) is 5.79. The second-order valence-corrected chi connectivity index (χ2v) is 4.93. The van der Waals surface area contributed by atoms with Crippen molar-refractivity contribution in [1.29, 1.82) is 0 Å². The van der Waals surface area contributed by atoms with Crippen LogP contribution in [0.2, 0.25) is 0 Å². The highest BCUT2D eigenvalue weighted by molar-refractivity contribution is 5.87. The maximum absolute atomic E-state index is 11.1. The molecular weight excluding hydrogens is 250 g/mol. The van der Waals surface area contributed by atoms with Gasteiger partial charge in [0.25, 0.3) is 0 Å². The van der Waals surface area contributed by atoms with Gasteiger partial charge in [-0.2, -0.15) is 0 Å². The Morgan fingerprint density at radius 2 is 1.95 bits per heavy atom. The van der Waals surface area contributed by atoms with Gasteiger partial charge in [0.15, 0.2) is 0 Å². The zero-order valence-corrected chi connectivity index (χ0v) is 10.7. The van der Waals surface area contributed by atoms with Gasteiger partial charge in [-0.25, -0.2) is 4.79 Å². The summed E-state index contributed by atoms with van der Waals surface area (Å²) in [7, 11) is 0. The number of nitro groups is 1. The van der Waals surface area contributed by atoms with Crippen molar-refractivity contribution in [3.05, 3.63) is 45.5 Å². The minimum Gasteiger partial charge on any atom is -0.478 e. The highest BCUT2D eigenvalue weighted by atomic mass is 16.6. The van der Waals surface area contributed by atoms with Crippen molar-refractivity contribution in [2.75, 3.05) is 6.54 Å². The van der Waals surface area contributed by atoms with Crippen LogP contribution in [0.5, 0.6) is 0 Å². The Kier molecular flexibility index (Phi) is 4.37. The number of carboxylic acid groups (broad SMARTS) is 1. The fraction of sp³-hybridized carbons (Fsp3) is 0.385. The zero-order chi connectivity index (χ0) is 14.6. The highest BCUT2D eigenvalue weighted by Crippen LogP contribution is 2.34. The molecule has 0 aliphatic heterocycles. The first kappa shape index (κ1) is 14.8. The van der Waals surface area contributed by atoms with Crippen LogP contribution in [-0.2, 0) is 4.79 Å². The van der Waals surface area contributed by atoms with Gasteiger partial charge in [-0.05, 0) is 17.7 Å².